The number of hydrogen-bond acceptors (Lipinski definition) is 2. The van der Waals surface area contributed by atoms with Crippen LogP contribution in [0.4, 0.5) is 0 Å². The summed E-state index contributed by atoms with van der Waals surface area (Å²) in [5.74, 6) is 0.968. The van der Waals surface area contributed by atoms with Gasteiger partial charge < -0.3 is 4.74 Å². The predicted octanol–water partition coefficient (Wildman–Crippen LogP) is 6.17. The zero-order chi connectivity index (χ0) is 18.5. The van der Waals surface area contributed by atoms with Crippen LogP contribution in [0.25, 0.3) is 0 Å². The van der Waals surface area contributed by atoms with Gasteiger partial charge in [0.2, 0.25) is 0 Å². The molecule has 26 heavy (non-hydrogen) atoms. The van der Waals surface area contributed by atoms with Crippen LogP contribution in [0.15, 0.2) is 54.6 Å². The summed E-state index contributed by atoms with van der Waals surface area (Å²) in [5.41, 5.74) is 0.782. The molecule has 0 heterocycles. The number of allylic oxidation sites excluding steroid dienone is 2. The van der Waals surface area contributed by atoms with Crippen LogP contribution < -0.4 is 0 Å². The van der Waals surface area contributed by atoms with E-state index in [9.17, 15) is 5.26 Å². The summed E-state index contributed by atoms with van der Waals surface area (Å²) in [4.78, 5) is 0. The van der Waals surface area contributed by atoms with E-state index in [0.29, 0.717) is 18.4 Å². The molecule has 2 heteroatoms. The molecular formula is C24H31NO. The average molecular weight is 350 g/mol. The van der Waals surface area contributed by atoms with Gasteiger partial charge in [0.1, 0.15) is 5.60 Å². The monoisotopic (exact) mass is 349 g/mol. The van der Waals surface area contributed by atoms with Crippen molar-refractivity contribution in [2.45, 2.75) is 63.9 Å². The molecule has 0 N–H and O–H groups in total. The van der Waals surface area contributed by atoms with Gasteiger partial charge in [-0.3, -0.25) is 0 Å². The highest BCUT2D eigenvalue weighted by molar-refractivity contribution is 5.35. The van der Waals surface area contributed by atoms with Crippen LogP contribution in [0.3, 0.4) is 0 Å². The van der Waals surface area contributed by atoms with Gasteiger partial charge in [-0.1, -0.05) is 74.4 Å². The van der Waals surface area contributed by atoms with Crippen molar-refractivity contribution in [1.29, 1.82) is 5.26 Å². The number of ether oxygens (including phenoxy) is 1. The third kappa shape index (κ3) is 4.27. The van der Waals surface area contributed by atoms with Crippen molar-refractivity contribution in [3.8, 4) is 6.07 Å². The van der Waals surface area contributed by atoms with Crippen molar-refractivity contribution in [1.82, 2.24) is 0 Å². The van der Waals surface area contributed by atoms with Crippen LogP contribution in [0, 0.1) is 22.7 Å². The van der Waals surface area contributed by atoms with E-state index >= 15 is 0 Å². The van der Waals surface area contributed by atoms with Crippen LogP contribution >= 0.6 is 0 Å². The second-order valence-electron chi connectivity index (χ2n) is 8.14. The maximum atomic E-state index is 9.87. The molecule has 0 aromatic heterocycles. The molecule has 0 saturated heterocycles. The van der Waals surface area contributed by atoms with Crippen molar-refractivity contribution < 1.29 is 4.74 Å². The lowest BCUT2D eigenvalue weighted by molar-refractivity contribution is 0.0172. The normalized spacial score (nSPS) is 33.7. The third-order valence-corrected chi connectivity index (χ3v) is 6.09. The van der Waals surface area contributed by atoms with Gasteiger partial charge >= 0.3 is 0 Å². The fourth-order valence-electron chi connectivity index (χ4n) is 4.63. The third-order valence-electron chi connectivity index (χ3n) is 6.09. The van der Waals surface area contributed by atoms with E-state index < -0.39 is 0 Å². The van der Waals surface area contributed by atoms with Crippen LogP contribution in [-0.2, 0) is 4.74 Å². The Hall–Kier alpha value is -1.85. The number of benzene rings is 1. The maximum Gasteiger partial charge on any atom is 0.104 e. The Morgan fingerprint density at radius 3 is 2.50 bits per heavy atom. The predicted molar refractivity (Wildman–Crippen MR) is 107 cm³/mol. The summed E-state index contributed by atoms with van der Waals surface area (Å²) < 4.78 is 6.18. The number of nitriles is 1. The molecule has 0 aliphatic heterocycles. The van der Waals surface area contributed by atoms with Gasteiger partial charge in [0.05, 0.1) is 11.5 Å². The van der Waals surface area contributed by atoms with Crippen molar-refractivity contribution in [2.24, 2.45) is 11.3 Å². The van der Waals surface area contributed by atoms with Gasteiger partial charge in [-0.05, 0) is 44.1 Å². The molecule has 2 aliphatic carbocycles. The van der Waals surface area contributed by atoms with E-state index in [1.54, 1.807) is 0 Å². The zero-order valence-corrected chi connectivity index (χ0v) is 16.2. The topological polar surface area (TPSA) is 33.0 Å². The minimum Gasteiger partial charge on any atom is -0.367 e. The largest absolute Gasteiger partial charge is 0.367 e. The van der Waals surface area contributed by atoms with E-state index in [2.05, 4.69) is 74.6 Å². The Balaban J connectivity index is 1.71. The second kappa shape index (κ2) is 8.23. The van der Waals surface area contributed by atoms with Gasteiger partial charge in [0.15, 0.2) is 0 Å². The highest BCUT2D eigenvalue weighted by atomic mass is 16.5. The fraction of sp³-hybridized carbons (Fsp3) is 0.542. The lowest BCUT2D eigenvalue weighted by Crippen LogP contribution is -2.34. The quantitative estimate of drug-likeness (QED) is 0.575. The molecule has 2 nitrogen and oxygen atoms in total. The first kappa shape index (κ1) is 18.9. The molecule has 0 bridgehead atoms. The summed E-state index contributed by atoms with van der Waals surface area (Å²) in [6, 6.07) is 13.2. The molecule has 3 rings (SSSR count). The lowest BCUT2D eigenvalue weighted by Gasteiger charge is -2.38. The van der Waals surface area contributed by atoms with Crippen molar-refractivity contribution in [2.75, 3.05) is 6.61 Å². The van der Waals surface area contributed by atoms with E-state index in [4.69, 9.17) is 4.74 Å². The maximum absolute atomic E-state index is 9.87. The molecule has 2 aliphatic rings. The molecule has 1 aromatic rings. The fourth-order valence-corrected chi connectivity index (χ4v) is 4.63. The first-order valence-electron chi connectivity index (χ1n) is 10.1. The van der Waals surface area contributed by atoms with Crippen molar-refractivity contribution >= 4 is 0 Å². The Kier molecular flexibility index (Phi) is 5.99. The molecular weight excluding hydrogens is 318 g/mol. The van der Waals surface area contributed by atoms with Gasteiger partial charge in [0, 0.05) is 12.5 Å². The highest BCUT2D eigenvalue weighted by Crippen LogP contribution is 2.44. The van der Waals surface area contributed by atoms with E-state index in [1.807, 2.05) is 0 Å². The van der Waals surface area contributed by atoms with Crippen LogP contribution in [0.5, 0.6) is 0 Å². The Labute approximate surface area is 158 Å². The summed E-state index contributed by atoms with van der Waals surface area (Å²) >= 11 is 0. The molecule has 2 atom stereocenters. The first-order valence-corrected chi connectivity index (χ1v) is 10.1. The van der Waals surface area contributed by atoms with Crippen LogP contribution in [0.2, 0.25) is 0 Å². The average Bonchev–Trinajstić information content (AvgIpc) is 2.68. The van der Waals surface area contributed by atoms with E-state index in [1.165, 1.54) is 18.4 Å². The van der Waals surface area contributed by atoms with Gasteiger partial charge in [0.25, 0.3) is 0 Å². The summed E-state index contributed by atoms with van der Waals surface area (Å²) in [6.45, 7) is 5.02. The number of hydrogen-bond donors (Lipinski definition) is 0. The lowest BCUT2D eigenvalue weighted by atomic mass is 9.67. The molecule has 0 radical (unpaired) electrons. The Bertz CT molecular complexity index is 670. The summed E-state index contributed by atoms with van der Waals surface area (Å²) in [5, 5.41) is 9.87. The summed E-state index contributed by atoms with van der Waals surface area (Å²) in [6.07, 6.45) is 15.3. The molecule has 0 amide bonds. The van der Waals surface area contributed by atoms with E-state index in [0.717, 1.165) is 25.7 Å². The molecule has 2 unspecified atom stereocenters. The Morgan fingerprint density at radius 2 is 1.88 bits per heavy atom. The SMILES string of the molecule is CCOC1(CCC2(C#N)CCCC(C)C2)C=CC(c2ccccc2)C=C1. The molecule has 1 saturated carbocycles. The molecule has 1 aromatic carbocycles. The molecule has 0 spiro atoms. The van der Waals surface area contributed by atoms with Gasteiger partial charge in [-0.15, -0.1) is 0 Å². The van der Waals surface area contributed by atoms with Crippen molar-refractivity contribution in [3.63, 3.8) is 0 Å². The number of nitrogens with zero attached hydrogens (tertiary/aromatic N) is 1. The van der Waals surface area contributed by atoms with Crippen LogP contribution in [-0.4, -0.2) is 12.2 Å². The van der Waals surface area contributed by atoms with Gasteiger partial charge in [-0.25, -0.2) is 0 Å². The van der Waals surface area contributed by atoms with Crippen LogP contribution in [0.1, 0.15) is 63.9 Å². The summed E-state index contributed by atoms with van der Waals surface area (Å²) in [7, 11) is 0. The minimum atomic E-state index is -0.357. The highest BCUT2D eigenvalue weighted by Gasteiger charge is 2.38. The Morgan fingerprint density at radius 1 is 1.15 bits per heavy atom. The van der Waals surface area contributed by atoms with E-state index in [-0.39, 0.29) is 11.0 Å². The zero-order valence-electron chi connectivity index (χ0n) is 16.2. The second-order valence-corrected chi connectivity index (χ2v) is 8.14. The van der Waals surface area contributed by atoms with Gasteiger partial charge in [-0.2, -0.15) is 5.26 Å². The van der Waals surface area contributed by atoms with Crippen molar-refractivity contribution in [3.05, 3.63) is 60.2 Å². The smallest absolute Gasteiger partial charge is 0.104 e. The minimum absolute atomic E-state index is 0.167. The first-order chi connectivity index (χ1) is 12.6. The molecule has 138 valence electrons. The molecule has 1 fully saturated rings. The standard InChI is InChI=1S/C24H31NO/c1-3-26-24(17-16-23(19-25)13-7-8-20(2)18-23)14-11-22(12-15-24)21-9-5-4-6-10-21/h4-6,9-12,14-15,20,22H,3,7-8,13,16-18H2,1-2H3. The number of rotatable bonds is 6.